The molecule has 1 heterocycles. The van der Waals surface area contributed by atoms with Gasteiger partial charge >= 0.3 is 0 Å². The smallest absolute Gasteiger partial charge is 0.284 e. The largest absolute Gasteiger partial charge is 0.290 e. The van der Waals surface area contributed by atoms with E-state index in [1.807, 2.05) is 31.2 Å². The minimum Gasteiger partial charge on any atom is -0.290 e. The zero-order valence-corrected chi connectivity index (χ0v) is 16.4. The molecule has 0 bridgehead atoms. The van der Waals surface area contributed by atoms with Crippen LogP contribution in [0.15, 0.2) is 56.8 Å². The average Bonchev–Trinajstić information content (AvgIpc) is 2.86. The summed E-state index contributed by atoms with van der Waals surface area (Å²) in [6.07, 6.45) is 1.64. The van der Waals surface area contributed by atoms with E-state index in [9.17, 15) is 14.9 Å². The van der Waals surface area contributed by atoms with Gasteiger partial charge < -0.3 is 0 Å². The fraction of sp³-hybridized carbons (Fsp3) is 0.111. The predicted octanol–water partition coefficient (Wildman–Crippen LogP) is 4.90. The van der Waals surface area contributed by atoms with Crippen LogP contribution in [0.3, 0.4) is 0 Å². The van der Waals surface area contributed by atoms with E-state index in [4.69, 9.17) is 0 Å². The van der Waals surface area contributed by atoms with Crippen molar-refractivity contribution in [3.05, 3.63) is 73.1 Å². The lowest BCUT2D eigenvalue weighted by molar-refractivity contribution is -0.385. The Labute approximate surface area is 162 Å². The minimum absolute atomic E-state index is 0.0447. The maximum atomic E-state index is 12.5. The molecule has 1 aliphatic heterocycles. The monoisotopic (exact) mass is 431 g/mol. The molecule has 8 heteroatoms. The predicted molar refractivity (Wildman–Crippen MR) is 107 cm³/mol. The molecule has 132 valence electrons. The van der Waals surface area contributed by atoms with Crippen molar-refractivity contribution in [2.45, 2.75) is 6.92 Å². The Morgan fingerprint density at radius 2 is 1.92 bits per heavy atom. The van der Waals surface area contributed by atoms with Gasteiger partial charge in [0.25, 0.3) is 11.6 Å². The van der Waals surface area contributed by atoms with E-state index >= 15 is 0 Å². The van der Waals surface area contributed by atoms with Crippen molar-refractivity contribution in [2.24, 2.45) is 4.99 Å². The molecule has 1 fully saturated rings. The van der Waals surface area contributed by atoms with E-state index in [0.717, 1.165) is 11.3 Å². The van der Waals surface area contributed by atoms with Crippen LogP contribution in [-0.2, 0) is 4.79 Å². The molecule has 0 N–H and O–H groups in total. The topological polar surface area (TPSA) is 75.8 Å². The first kappa shape index (κ1) is 18.3. The first-order valence-corrected chi connectivity index (χ1v) is 9.23. The summed E-state index contributed by atoms with van der Waals surface area (Å²) in [7, 11) is 1.66. The van der Waals surface area contributed by atoms with Crippen molar-refractivity contribution < 1.29 is 9.72 Å². The van der Waals surface area contributed by atoms with Gasteiger partial charge in [0.2, 0.25) is 0 Å². The SMILES string of the molecule is Cc1ccc(N=C2S/C(=C/c3ccc(Br)c([N+](=O)[O-])c3)C(=O)N2C)cc1. The van der Waals surface area contributed by atoms with E-state index in [0.29, 0.717) is 20.1 Å². The number of carbonyl (C=O) groups excluding carboxylic acids is 1. The summed E-state index contributed by atoms with van der Waals surface area (Å²) in [6.45, 7) is 2.00. The van der Waals surface area contributed by atoms with Gasteiger partial charge in [0.1, 0.15) is 0 Å². The number of hydrogen-bond donors (Lipinski definition) is 0. The number of carbonyl (C=O) groups is 1. The molecule has 1 aliphatic rings. The molecule has 0 aliphatic carbocycles. The number of hydrogen-bond acceptors (Lipinski definition) is 5. The van der Waals surface area contributed by atoms with E-state index in [2.05, 4.69) is 20.9 Å². The van der Waals surface area contributed by atoms with Crippen LogP contribution in [0.2, 0.25) is 0 Å². The molecule has 1 amide bonds. The van der Waals surface area contributed by atoms with Crippen LogP contribution in [-0.4, -0.2) is 27.9 Å². The number of benzene rings is 2. The summed E-state index contributed by atoms with van der Waals surface area (Å²) in [5.41, 5.74) is 2.44. The minimum atomic E-state index is -0.466. The Kier molecular flexibility index (Phi) is 5.24. The highest BCUT2D eigenvalue weighted by atomic mass is 79.9. The second kappa shape index (κ2) is 7.43. The molecule has 6 nitrogen and oxygen atoms in total. The van der Waals surface area contributed by atoms with Gasteiger partial charge in [0.15, 0.2) is 5.17 Å². The van der Waals surface area contributed by atoms with Crippen molar-refractivity contribution in [2.75, 3.05) is 7.05 Å². The number of thioether (sulfide) groups is 1. The van der Waals surface area contributed by atoms with Gasteiger partial charge in [-0.05, 0) is 64.5 Å². The van der Waals surface area contributed by atoms with Gasteiger partial charge in [-0.25, -0.2) is 4.99 Å². The molecule has 0 aromatic heterocycles. The third kappa shape index (κ3) is 3.86. The standard InChI is InChI=1S/C18H14BrN3O3S/c1-11-3-6-13(7-4-11)20-18-21(2)17(23)16(26-18)10-12-5-8-14(19)15(9-12)22(24)25/h3-10H,1-2H3/b16-10+,20-18?. The number of rotatable bonds is 3. The van der Waals surface area contributed by atoms with Crippen LogP contribution in [0.4, 0.5) is 11.4 Å². The lowest BCUT2D eigenvalue weighted by Gasteiger charge is -2.07. The Morgan fingerprint density at radius 1 is 1.23 bits per heavy atom. The Bertz CT molecular complexity index is 955. The maximum Gasteiger partial charge on any atom is 0.284 e. The number of nitro groups is 1. The van der Waals surface area contributed by atoms with Crippen LogP contribution in [0.5, 0.6) is 0 Å². The number of nitro benzene ring substituents is 1. The highest BCUT2D eigenvalue weighted by Gasteiger charge is 2.30. The fourth-order valence-corrected chi connectivity index (χ4v) is 3.67. The number of aryl methyl sites for hydroxylation is 1. The van der Waals surface area contributed by atoms with Gasteiger partial charge in [0, 0.05) is 13.1 Å². The number of likely N-dealkylation sites (N-methyl/N-ethyl adjacent to an activating group) is 1. The second-order valence-electron chi connectivity index (χ2n) is 5.67. The molecular weight excluding hydrogens is 418 g/mol. The number of halogens is 1. The number of amidine groups is 1. The molecule has 2 aromatic rings. The number of nitrogens with zero attached hydrogens (tertiary/aromatic N) is 3. The molecule has 3 rings (SSSR count). The summed E-state index contributed by atoms with van der Waals surface area (Å²) in [5.74, 6) is -0.188. The summed E-state index contributed by atoms with van der Waals surface area (Å²) in [4.78, 5) is 29.5. The molecule has 0 unspecified atom stereocenters. The zero-order chi connectivity index (χ0) is 18.8. The van der Waals surface area contributed by atoms with Gasteiger partial charge in [-0.1, -0.05) is 23.8 Å². The third-order valence-corrected chi connectivity index (χ3v) is 5.46. The molecule has 0 atom stereocenters. The summed E-state index contributed by atoms with van der Waals surface area (Å²) < 4.78 is 0.397. The Balaban J connectivity index is 1.91. The molecule has 2 aromatic carbocycles. The first-order chi connectivity index (χ1) is 12.3. The highest BCUT2D eigenvalue weighted by molar-refractivity contribution is 9.10. The summed E-state index contributed by atoms with van der Waals surface area (Å²) in [5, 5.41) is 11.6. The average molecular weight is 432 g/mol. The van der Waals surface area contributed by atoms with Gasteiger partial charge in [-0.2, -0.15) is 0 Å². The quantitative estimate of drug-likeness (QED) is 0.393. The maximum absolute atomic E-state index is 12.5. The highest BCUT2D eigenvalue weighted by Crippen LogP contribution is 2.34. The van der Waals surface area contributed by atoms with Gasteiger partial charge in [0.05, 0.1) is 20.0 Å². The molecule has 0 saturated carbocycles. The van der Waals surface area contributed by atoms with Gasteiger partial charge in [-0.15, -0.1) is 0 Å². The lowest BCUT2D eigenvalue weighted by Crippen LogP contribution is -2.23. The Morgan fingerprint density at radius 3 is 2.58 bits per heavy atom. The van der Waals surface area contributed by atoms with E-state index in [-0.39, 0.29) is 11.6 Å². The van der Waals surface area contributed by atoms with E-state index < -0.39 is 4.92 Å². The van der Waals surface area contributed by atoms with Crippen molar-refractivity contribution in [3.63, 3.8) is 0 Å². The van der Waals surface area contributed by atoms with Crippen LogP contribution in [0, 0.1) is 17.0 Å². The van der Waals surface area contributed by atoms with Crippen LogP contribution in [0.25, 0.3) is 6.08 Å². The third-order valence-electron chi connectivity index (χ3n) is 3.73. The zero-order valence-electron chi connectivity index (χ0n) is 14.0. The number of aliphatic imine (C=N–C) groups is 1. The van der Waals surface area contributed by atoms with E-state index in [1.54, 1.807) is 25.3 Å². The first-order valence-electron chi connectivity index (χ1n) is 7.62. The normalized spacial score (nSPS) is 17.3. The molecular formula is C18H14BrN3O3S. The van der Waals surface area contributed by atoms with Crippen molar-refractivity contribution in [1.82, 2.24) is 4.90 Å². The summed E-state index contributed by atoms with van der Waals surface area (Å²) in [6, 6.07) is 12.4. The van der Waals surface area contributed by atoms with Gasteiger partial charge in [-0.3, -0.25) is 19.8 Å². The fourth-order valence-electron chi connectivity index (χ4n) is 2.29. The van der Waals surface area contributed by atoms with Crippen LogP contribution in [0.1, 0.15) is 11.1 Å². The summed E-state index contributed by atoms with van der Waals surface area (Å²) >= 11 is 4.40. The second-order valence-corrected chi connectivity index (χ2v) is 7.54. The number of amides is 1. The molecule has 26 heavy (non-hydrogen) atoms. The molecule has 1 saturated heterocycles. The van der Waals surface area contributed by atoms with Crippen LogP contribution >= 0.6 is 27.7 Å². The Hall–Kier alpha value is -2.45. The van der Waals surface area contributed by atoms with Crippen molar-refractivity contribution in [1.29, 1.82) is 0 Å². The molecule has 0 spiro atoms. The lowest BCUT2D eigenvalue weighted by atomic mass is 10.2. The van der Waals surface area contributed by atoms with Crippen molar-refractivity contribution in [3.8, 4) is 0 Å². The van der Waals surface area contributed by atoms with Crippen molar-refractivity contribution >= 4 is 56.2 Å². The molecule has 0 radical (unpaired) electrons. The van der Waals surface area contributed by atoms with E-state index in [1.165, 1.54) is 22.7 Å². The van der Waals surface area contributed by atoms with Crippen LogP contribution < -0.4 is 0 Å².